The number of carbonyl (C=O) groups excluding carboxylic acids is 1. The Bertz CT molecular complexity index is 325. The van der Waals surface area contributed by atoms with Crippen molar-refractivity contribution < 1.29 is 14.7 Å². The van der Waals surface area contributed by atoms with Crippen LogP contribution in [0.1, 0.15) is 27.2 Å². The van der Waals surface area contributed by atoms with Gasteiger partial charge >= 0.3 is 6.09 Å². The van der Waals surface area contributed by atoms with E-state index in [4.69, 9.17) is 15.7 Å². The van der Waals surface area contributed by atoms with Crippen LogP contribution in [0.15, 0.2) is 5.16 Å². The van der Waals surface area contributed by atoms with Gasteiger partial charge in [0.05, 0.1) is 12.1 Å². The molecular formula is C12H24N4O3. The Morgan fingerprint density at radius 2 is 1.95 bits per heavy atom. The summed E-state index contributed by atoms with van der Waals surface area (Å²) in [7, 11) is 0. The zero-order valence-corrected chi connectivity index (χ0v) is 11.9. The number of nitrogens with two attached hydrogens (primary N) is 1. The van der Waals surface area contributed by atoms with Crippen molar-refractivity contribution in [3.63, 3.8) is 0 Å². The van der Waals surface area contributed by atoms with E-state index in [1.807, 2.05) is 20.8 Å². The minimum absolute atomic E-state index is 0.0757. The number of rotatable bonds is 4. The summed E-state index contributed by atoms with van der Waals surface area (Å²) in [4.78, 5) is 15.6. The third-order valence-electron chi connectivity index (χ3n) is 3.19. The van der Waals surface area contributed by atoms with E-state index in [9.17, 15) is 4.79 Å². The van der Waals surface area contributed by atoms with Gasteiger partial charge in [-0.3, -0.25) is 4.90 Å². The van der Waals surface area contributed by atoms with Gasteiger partial charge in [-0.1, -0.05) is 12.1 Å². The van der Waals surface area contributed by atoms with Crippen LogP contribution in [0.4, 0.5) is 4.79 Å². The number of hydrogen-bond donors (Lipinski definition) is 2. The first-order chi connectivity index (χ1) is 8.99. The van der Waals surface area contributed by atoms with Crippen molar-refractivity contribution in [2.75, 3.05) is 26.2 Å². The van der Waals surface area contributed by atoms with Gasteiger partial charge in [-0.2, -0.15) is 0 Å². The van der Waals surface area contributed by atoms with Crippen molar-refractivity contribution in [2.45, 2.75) is 39.3 Å². The van der Waals surface area contributed by atoms with E-state index < -0.39 is 0 Å². The van der Waals surface area contributed by atoms with Crippen LogP contribution in [0.5, 0.6) is 0 Å². The molecule has 1 heterocycles. The SMILES string of the molecule is CCC(C(N)=NO)N1CCN(C(=O)OC(C)C)CC1. The normalized spacial score (nSPS) is 19.6. The number of hydrogen-bond acceptors (Lipinski definition) is 5. The molecule has 0 aliphatic carbocycles. The maximum Gasteiger partial charge on any atom is 0.410 e. The fourth-order valence-electron chi connectivity index (χ4n) is 2.21. The van der Waals surface area contributed by atoms with Gasteiger partial charge in [-0.05, 0) is 20.3 Å². The molecule has 0 aromatic heterocycles. The number of amides is 1. The Morgan fingerprint density at radius 3 is 2.37 bits per heavy atom. The molecule has 0 aromatic carbocycles. The highest BCUT2D eigenvalue weighted by Crippen LogP contribution is 2.11. The maximum absolute atomic E-state index is 11.7. The zero-order chi connectivity index (χ0) is 14.4. The first-order valence-electron chi connectivity index (χ1n) is 6.66. The van der Waals surface area contributed by atoms with E-state index in [0.29, 0.717) is 26.2 Å². The maximum atomic E-state index is 11.7. The minimum atomic E-state index is -0.272. The van der Waals surface area contributed by atoms with E-state index >= 15 is 0 Å². The summed E-state index contributed by atoms with van der Waals surface area (Å²) in [6, 6.07) is -0.0757. The van der Waals surface area contributed by atoms with Gasteiger partial charge in [0.15, 0.2) is 5.84 Å². The summed E-state index contributed by atoms with van der Waals surface area (Å²) in [5.41, 5.74) is 5.67. The summed E-state index contributed by atoms with van der Waals surface area (Å²) in [5, 5.41) is 11.8. The summed E-state index contributed by atoms with van der Waals surface area (Å²) < 4.78 is 5.16. The van der Waals surface area contributed by atoms with Crippen molar-refractivity contribution in [3.05, 3.63) is 0 Å². The van der Waals surface area contributed by atoms with Gasteiger partial charge < -0.3 is 20.6 Å². The lowest BCUT2D eigenvalue weighted by atomic mass is 10.1. The molecule has 7 heteroatoms. The molecule has 110 valence electrons. The Kier molecular flexibility index (Phi) is 5.88. The molecule has 1 unspecified atom stereocenters. The van der Waals surface area contributed by atoms with Crippen LogP contribution in [0.3, 0.4) is 0 Å². The first kappa shape index (κ1) is 15.6. The predicted molar refractivity (Wildman–Crippen MR) is 72.3 cm³/mol. The lowest BCUT2D eigenvalue weighted by Crippen LogP contribution is -2.55. The van der Waals surface area contributed by atoms with Crippen LogP contribution >= 0.6 is 0 Å². The molecule has 1 rings (SSSR count). The summed E-state index contributed by atoms with van der Waals surface area (Å²) in [5.74, 6) is 0.223. The third-order valence-corrected chi connectivity index (χ3v) is 3.19. The fourth-order valence-corrected chi connectivity index (χ4v) is 2.21. The van der Waals surface area contributed by atoms with Crippen molar-refractivity contribution in [2.24, 2.45) is 10.9 Å². The Balaban J connectivity index is 2.50. The van der Waals surface area contributed by atoms with Gasteiger partial charge in [-0.25, -0.2) is 4.79 Å². The zero-order valence-electron chi connectivity index (χ0n) is 11.9. The molecule has 0 aromatic rings. The second kappa shape index (κ2) is 7.18. The van der Waals surface area contributed by atoms with Gasteiger partial charge in [-0.15, -0.1) is 0 Å². The van der Waals surface area contributed by atoms with Crippen LogP contribution in [0, 0.1) is 0 Å². The molecule has 1 fully saturated rings. The number of ether oxygens (including phenoxy) is 1. The van der Waals surface area contributed by atoms with E-state index in [-0.39, 0.29) is 24.1 Å². The molecule has 7 nitrogen and oxygen atoms in total. The lowest BCUT2D eigenvalue weighted by molar-refractivity contribution is 0.0532. The predicted octanol–water partition coefficient (Wildman–Crippen LogP) is 0.674. The largest absolute Gasteiger partial charge is 0.447 e. The van der Waals surface area contributed by atoms with Crippen LogP contribution in [-0.4, -0.2) is 65.3 Å². The minimum Gasteiger partial charge on any atom is -0.447 e. The van der Waals surface area contributed by atoms with Crippen molar-refractivity contribution >= 4 is 11.9 Å². The van der Waals surface area contributed by atoms with Crippen LogP contribution in [-0.2, 0) is 4.74 Å². The number of carbonyl (C=O) groups is 1. The van der Waals surface area contributed by atoms with E-state index in [2.05, 4.69) is 10.1 Å². The number of oxime groups is 1. The molecule has 1 atom stereocenters. The van der Waals surface area contributed by atoms with Gasteiger partial charge in [0.2, 0.25) is 0 Å². The molecule has 0 bridgehead atoms. The highest BCUT2D eigenvalue weighted by Gasteiger charge is 2.28. The van der Waals surface area contributed by atoms with Crippen LogP contribution < -0.4 is 5.73 Å². The fraction of sp³-hybridized carbons (Fsp3) is 0.833. The Morgan fingerprint density at radius 1 is 1.37 bits per heavy atom. The van der Waals surface area contributed by atoms with Crippen LogP contribution in [0.2, 0.25) is 0 Å². The Labute approximate surface area is 114 Å². The molecule has 0 radical (unpaired) electrons. The van der Waals surface area contributed by atoms with E-state index in [0.717, 1.165) is 6.42 Å². The van der Waals surface area contributed by atoms with Gasteiger partial charge in [0.25, 0.3) is 0 Å². The number of nitrogens with zero attached hydrogens (tertiary/aromatic N) is 3. The lowest BCUT2D eigenvalue weighted by Gasteiger charge is -2.38. The number of amidine groups is 1. The van der Waals surface area contributed by atoms with Crippen molar-refractivity contribution in [1.82, 2.24) is 9.80 Å². The molecule has 3 N–H and O–H groups in total. The first-order valence-corrected chi connectivity index (χ1v) is 6.66. The van der Waals surface area contributed by atoms with Crippen LogP contribution in [0.25, 0.3) is 0 Å². The molecular weight excluding hydrogens is 248 g/mol. The molecule has 1 aliphatic heterocycles. The van der Waals surface area contributed by atoms with E-state index in [1.165, 1.54) is 0 Å². The highest BCUT2D eigenvalue weighted by atomic mass is 16.6. The molecule has 0 spiro atoms. The standard InChI is InChI=1S/C12H24N4O3/c1-4-10(11(13)14-18)15-5-7-16(8-6-15)12(17)19-9(2)3/h9-10,18H,4-8H2,1-3H3,(H2,13,14). The highest BCUT2D eigenvalue weighted by molar-refractivity contribution is 5.85. The van der Waals surface area contributed by atoms with E-state index in [1.54, 1.807) is 4.90 Å². The quantitative estimate of drug-likeness (QED) is 0.340. The third kappa shape index (κ3) is 4.27. The molecule has 19 heavy (non-hydrogen) atoms. The molecule has 1 aliphatic rings. The smallest absolute Gasteiger partial charge is 0.410 e. The van der Waals surface area contributed by atoms with Gasteiger partial charge in [0, 0.05) is 26.2 Å². The summed E-state index contributed by atoms with van der Waals surface area (Å²) in [6.45, 7) is 8.24. The second-order valence-corrected chi connectivity index (χ2v) is 4.90. The molecule has 1 amide bonds. The molecule has 0 saturated carbocycles. The summed E-state index contributed by atoms with van der Waals surface area (Å²) in [6.07, 6.45) is 0.393. The summed E-state index contributed by atoms with van der Waals surface area (Å²) >= 11 is 0. The average molecular weight is 272 g/mol. The monoisotopic (exact) mass is 272 g/mol. The second-order valence-electron chi connectivity index (χ2n) is 4.90. The topological polar surface area (TPSA) is 91.4 Å². The number of piperazine rings is 1. The molecule has 1 saturated heterocycles. The van der Waals surface area contributed by atoms with Crippen molar-refractivity contribution in [3.8, 4) is 0 Å². The van der Waals surface area contributed by atoms with Gasteiger partial charge in [0.1, 0.15) is 0 Å². The van der Waals surface area contributed by atoms with Crippen molar-refractivity contribution in [1.29, 1.82) is 0 Å². The Hall–Kier alpha value is -1.50. The average Bonchev–Trinajstić information content (AvgIpc) is 2.39.